The Morgan fingerprint density at radius 1 is 1.32 bits per heavy atom. The highest BCUT2D eigenvalue weighted by molar-refractivity contribution is 9.10. The third-order valence-electron chi connectivity index (χ3n) is 4.21. The molecular formula is C16H24BrNO. The van der Waals surface area contributed by atoms with E-state index in [2.05, 4.69) is 40.3 Å². The molecule has 1 aromatic rings. The standard InChI is InChI=1S/C16H24BrNO/c1-3-18-11-13-6-4-5-12(13)9-14-10-15(19-2)7-8-16(14)17/h7-8,10,12-13,18H,3-6,9,11H2,1-2H3. The molecule has 3 heteroatoms. The minimum atomic E-state index is 0.808. The molecule has 2 unspecified atom stereocenters. The number of halogens is 1. The number of benzene rings is 1. The first-order valence-electron chi connectivity index (χ1n) is 7.27. The Balaban J connectivity index is 2.03. The van der Waals surface area contributed by atoms with Crippen LogP contribution in [0.3, 0.4) is 0 Å². The summed E-state index contributed by atoms with van der Waals surface area (Å²) in [6.07, 6.45) is 5.27. The van der Waals surface area contributed by atoms with Gasteiger partial charge in [0.2, 0.25) is 0 Å². The summed E-state index contributed by atoms with van der Waals surface area (Å²) >= 11 is 3.67. The van der Waals surface area contributed by atoms with Gasteiger partial charge in [-0.05, 0) is 68.0 Å². The third-order valence-corrected chi connectivity index (χ3v) is 4.98. The van der Waals surface area contributed by atoms with E-state index in [4.69, 9.17) is 4.74 Å². The zero-order valence-electron chi connectivity index (χ0n) is 11.9. The molecule has 0 bridgehead atoms. The minimum absolute atomic E-state index is 0.808. The Bertz CT molecular complexity index is 408. The van der Waals surface area contributed by atoms with Crippen molar-refractivity contribution in [3.05, 3.63) is 28.2 Å². The predicted octanol–water partition coefficient (Wildman–Crippen LogP) is 4.03. The number of rotatable bonds is 6. The van der Waals surface area contributed by atoms with E-state index in [0.717, 1.165) is 30.6 Å². The molecule has 0 heterocycles. The van der Waals surface area contributed by atoms with Crippen LogP contribution in [0.2, 0.25) is 0 Å². The van der Waals surface area contributed by atoms with Crippen molar-refractivity contribution in [3.8, 4) is 5.75 Å². The molecule has 106 valence electrons. The van der Waals surface area contributed by atoms with Crippen molar-refractivity contribution in [1.29, 1.82) is 0 Å². The zero-order chi connectivity index (χ0) is 13.7. The first kappa shape index (κ1) is 14.9. The zero-order valence-corrected chi connectivity index (χ0v) is 13.5. The Hall–Kier alpha value is -0.540. The van der Waals surface area contributed by atoms with Gasteiger partial charge in [-0.25, -0.2) is 0 Å². The van der Waals surface area contributed by atoms with Crippen LogP contribution in [-0.4, -0.2) is 20.2 Å². The van der Waals surface area contributed by atoms with Gasteiger partial charge in [-0.1, -0.05) is 29.3 Å². The lowest BCUT2D eigenvalue weighted by atomic mass is 9.89. The van der Waals surface area contributed by atoms with E-state index in [9.17, 15) is 0 Å². The number of nitrogens with one attached hydrogen (secondary N) is 1. The highest BCUT2D eigenvalue weighted by atomic mass is 79.9. The van der Waals surface area contributed by atoms with Crippen LogP contribution in [-0.2, 0) is 6.42 Å². The predicted molar refractivity (Wildman–Crippen MR) is 83.8 cm³/mol. The number of methoxy groups -OCH3 is 1. The molecule has 1 aliphatic rings. The summed E-state index contributed by atoms with van der Waals surface area (Å²) in [5.74, 6) is 2.60. The van der Waals surface area contributed by atoms with Crippen molar-refractivity contribution in [2.45, 2.75) is 32.6 Å². The molecule has 0 amide bonds. The molecule has 2 rings (SSSR count). The lowest BCUT2D eigenvalue weighted by Gasteiger charge is -2.20. The van der Waals surface area contributed by atoms with E-state index in [1.54, 1.807) is 7.11 Å². The fourth-order valence-corrected chi connectivity index (χ4v) is 3.51. The Labute approximate surface area is 125 Å². The van der Waals surface area contributed by atoms with Crippen LogP contribution < -0.4 is 10.1 Å². The van der Waals surface area contributed by atoms with Crippen LogP contribution in [0.4, 0.5) is 0 Å². The van der Waals surface area contributed by atoms with Crippen LogP contribution >= 0.6 is 15.9 Å². The molecule has 0 aliphatic heterocycles. The van der Waals surface area contributed by atoms with Gasteiger partial charge in [0.05, 0.1) is 7.11 Å². The van der Waals surface area contributed by atoms with Crippen molar-refractivity contribution in [3.63, 3.8) is 0 Å². The van der Waals surface area contributed by atoms with Gasteiger partial charge in [-0.15, -0.1) is 0 Å². The van der Waals surface area contributed by atoms with Gasteiger partial charge >= 0.3 is 0 Å². The molecule has 1 fully saturated rings. The molecule has 2 atom stereocenters. The number of ether oxygens (including phenoxy) is 1. The quantitative estimate of drug-likeness (QED) is 0.852. The molecule has 1 aromatic carbocycles. The fourth-order valence-electron chi connectivity index (χ4n) is 3.10. The molecule has 0 spiro atoms. The maximum Gasteiger partial charge on any atom is 0.119 e. The lowest BCUT2D eigenvalue weighted by molar-refractivity contribution is 0.366. The molecule has 1 saturated carbocycles. The second kappa shape index (κ2) is 7.30. The largest absolute Gasteiger partial charge is 0.497 e. The SMILES string of the molecule is CCNCC1CCCC1Cc1cc(OC)ccc1Br. The Morgan fingerprint density at radius 2 is 2.11 bits per heavy atom. The summed E-state index contributed by atoms with van der Waals surface area (Å²) in [5.41, 5.74) is 1.38. The van der Waals surface area contributed by atoms with Crippen molar-refractivity contribution in [1.82, 2.24) is 5.32 Å². The average molecular weight is 326 g/mol. The van der Waals surface area contributed by atoms with Crippen molar-refractivity contribution >= 4 is 15.9 Å². The summed E-state index contributed by atoms with van der Waals surface area (Å²) < 4.78 is 6.54. The van der Waals surface area contributed by atoms with Gasteiger partial charge in [0.15, 0.2) is 0 Å². The molecule has 1 aliphatic carbocycles. The smallest absolute Gasteiger partial charge is 0.119 e. The highest BCUT2D eigenvalue weighted by Gasteiger charge is 2.27. The maximum absolute atomic E-state index is 5.33. The lowest BCUT2D eigenvalue weighted by Crippen LogP contribution is -2.26. The summed E-state index contributed by atoms with van der Waals surface area (Å²) in [5, 5.41) is 3.51. The number of hydrogen-bond donors (Lipinski definition) is 1. The maximum atomic E-state index is 5.33. The normalized spacial score (nSPS) is 22.7. The van der Waals surface area contributed by atoms with Gasteiger partial charge < -0.3 is 10.1 Å². The summed E-state index contributed by atoms with van der Waals surface area (Å²) in [7, 11) is 1.73. The molecule has 0 radical (unpaired) electrons. The Kier molecular flexibility index (Phi) is 5.71. The third kappa shape index (κ3) is 3.96. The van der Waals surface area contributed by atoms with E-state index in [1.165, 1.54) is 35.8 Å². The van der Waals surface area contributed by atoms with Crippen LogP contribution in [0.5, 0.6) is 5.75 Å². The van der Waals surface area contributed by atoms with Crippen LogP contribution in [0.1, 0.15) is 31.7 Å². The van der Waals surface area contributed by atoms with E-state index in [-0.39, 0.29) is 0 Å². The minimum Gasteiger partial charge on any atom is -0.497 e. The molecule has 1 N–H and O–H groups in total. The van der Waals surface area contributed by atoms with E-state index < -0.39 is 0 Å². The van der Waals surface area contributed by atoms with Crippen molar-refractivity contribution in [2.75, 3.05) is 20.2 Å². The van der Waals surface area contributed by atoms with E-state index in [0.29, 0.717) is 0 Å². The van der Waals surface area contributed by atoms with Gasteiger partial charge in [-0.3, -0.25) is 0 Å². The van der Waals surface area contributed by atoms with E-state index in [1.807, 2.05) is 6.07 Å². The number of hydrogen-bond acceptors (Lipinski definition) is 2. The molecule has 0 saturated heterocycles. The monoisotopic (exact) mass is 325 g/mol. The van der Waals surface area contributed by atoms with Crippen LogP contribution in [0, 0.1) is 11.8 Å². The first-order valence-corrected chi connectivity index (χ1v) is 8.07. The average Bonchev–Trinajstić information content (AvgIpc) is 2.86. The second-order valence-corrected chi connectivity index (χ2v) is 6.27. The topological polar surface area (TPSA) is 21.3 Å². The first-order chi connectivity index (χ1) is 9.24. The summed E-state index contributed by atoms with van der Waals surface area (Å²) in [4.78, 5) is 0. The highest BCUT2D eigenvalue weighted by Crippen LogP contribution is 2.36. The van der Waals surface area contributed by atoms with Gasteiger partial charge in [0.1, 0.15) is 5.75 Å². The van der Waals surface area contributed by atoms with Gasteiger partial charge in [0, 0.05) is 4.47 Å². The fraction of sp³-hybridized carbons (Fsp3) is 0.625. The summed E-state index contributed by atoms with van der Waals surface area (Å²) in [6.45, 7) is 4.43. The molecule has 19 heavy (non-hydrogen) atoms. The van der Waals surface area contributed by atoms with Crippen LogP contribution in [0.15, 0.2) is 22.7 Å². The van der Waals surface area contributed by atoms with E-state index >= 15 is 0 Å². The molecule has 2 nitrogen and oxygen atoms in total. The van der Waals surface area contributed by atoms with Crippen LogP contribution in [0.25, 0.3) is 0 Å². The van der Waals surface area contributed by atoms with Gasteiger partial charge in [-0.2, -0.15) is 0 Å². The Morgan fingerprint density at radius 3 is 2.84 bits per heavy atom. The molecule has 0 aromatic heterocycles. The van der Waals surface area contributed by atoms with Crippen molar-refractivity contribution in [2.24, 2.45) is 11.8 Å². The van der Waals surface area contributed by atoms with Crippen molar-refractivity contribution < 1.29 is 4.74 Å². The summed E-state index contributed by atoms with van der Waals surface area (Å²) in [6, 6.07) is 6.29. The second-order valence-electron chi connectivity index (χ2n) is 5.42. The molecular weight excluding hydrogens is 302 g/mol. The van der Waals surface area contributed by atoms with Gasteiger partial charge in [0.25, 0.3) is 0 Å².